The van der Waals surface area contributed by atoms with Crippen LogP contribution in [0.4, 0.5) is 0 Å². The van der Waals surface area contributed by atoms with E-state index in [1.165, 1.54) is 12.4 Å². The van der Waals surface area contributed by atoms with E-state index in [0.29, 0.717) is 12.8 Å². The second-order valence-electron chi connectivity index (χ2n) is 4.95. The highest BCUT2D eigenvalue weighted by atomic mass is 35.5. The Morgan fingerprint density at radius 1 is 1.33 bits per heavy atom. The number of hydrogen-bond donors (Lipinski definition) is 1. The van der Waals surface area contributed by atoms with Gasteiger partial charge in [-0.2, -0.15) is 0 Å². The van der Waals surface area contributed by atoms with Crippen molar-refractivity contribution in [1.82, 2.24) is 14.9 Å². The molecule has 2 saturated heterocycles. The maximum Gasteiger partial charge on any atom is 0.274 e. The number of rotatable bonds is 1. The molecule has 0 aliphatic carbocycles. The Morgan fingerprint density at radius 2 is 2.00 bits per heavy atom. The van der Waals surface area contributed by atoms with Crippen molar-refractivity contribution >= 4 is 17.5 Å². The fraction of sp³-hybridized carbons (Fsp3) is 0.583. The third kappa shape index (κ3) is 1.97. The Morgan fingerprint density at radius 3 is 2.61 bits per heavy atom. The summed E-state index contributed by atoms with van der Waals surface area (Å²) in [5.74, 6) is -0.121. The topological polar surface area (TPSA) is 66.3 Å². The Labute approximate surface area is 110 Å². The highest BCUT2D eigenvalue weighted by molar-refractivity contribution is 6.29. The molecule has 0 radical (unpaired) electrons. The van der Waals surface area contributed by atoms with Crippen LogP contribution < -0.4 is 0 Å². The number of aliphatic hydroxyl groups excluding tert-OH is 1. The van der Waals surface area contributed by atoms with Crippen molar-refractivity contribution in [2.75, 3.05) is 0 Å². The van der Waals surface area contributed by atoms with Gasteiger partial charge in [-0.3, -0.25) is 9.78 Å². The van der Waals surface area contributed by atoms with E-state index >= 15 is 0 Å². The van der Waals surface area contributed by atoms with Crippen LogP contribution in [0.5, 0.6) is 0 Å². The summed E-state index contributed by atoms with van der Waals surface area (Å²) in [6.45, 7) is 0. The average molecular weight is 268 g/mol. The van der Waals surface area contributed by atoms with Gasteiger partial charge < -0.3 is 10.0 Å². The van der Waals surface area contributed by atoms with Gasteiger partial charge in [-0.05, 0) is 25.7 Å². The van der Waals surface area contributed by atoms with Crippen LogP contribution in [0.25, 0.3) is 0 Å². The van der Waals surface area contributed by atoms with Crippen molar-refractivity contribution in [2.24, 2.45) is 0 Å². The second-order valence-corrected chi connectivity index (χ2v) is 5.34. The molecule has 2 atom stereocenters. The Balaban J connectivity index is 1.85. The van der Waals surface area contributed by atoms with Gasteiger partial charge in [-0.1, -0.05) is 11.6 Å². The molecule has 3 heterocycles. The lowest BCUT2D eigenvalue weighted by Crippen LogP contribution is -2.48. The van der Waals surface area contributed by atoms with E-state index in [2.05, 4.69) is 9.97 Å². The van der Waals surface area contributed by atoms with Gasteiger partial charge in [-0.15, -0.1) is 0 Å². The summed E-state index contributed by atoms with van der Waals surface area (Å²) in [4.78, 5) is 22.2. The molecule has 1 N–H and O–H groups in total. The summed E-state index contributed by atoms with van der Waals surface area (Å²) >= 11 is 5.76. The van der Waals surface area contributed by atoms with Crippen LogP contribution >= 0.6 is 11.6 Å². The molecule has 96 valence electrons. The van der Waals surface area contributed by atoms with Crippen LogP contribution in [0.2, 0.25) is 5.15 Å². The van der Waals surface area contributed by atoms with E-state index in [1.807, 2.05) is 4.90 Å². The maximum absolute atomic E-state index is 12.4. The summed E-state index contributed by atoms with van der Waals surface area (Å²) in [7, 11) is 0. The zero-order valence-corrected chi connectivity index (χ0v) is 10.5. The van der Waals surface area contributed by atoms with E-state index in [4.69, 9.17) is 11.6 Å². The molecule has 2 bridgehead atoms. The summed E-state index contributed by atoms with van der Waals surface area (Å²) < 4.78 is 0. The van der Waals surface area contributed by atoms with Crippen LogP contribution in [0.1, 0.15) is 36.2 Å². The van der Waals surface area contributed by atoms with Gasteiger partial charge in [0.2, 0.25) is 0 Å². The number of piperidine rings is 1. The third-order valence-corrected chi connectivity index (χ3v) is 3.95. The van der Waals surface area contributed by atoms with Crippen molar-refractivity contribution in [2.45, 2.75) is 43.9 Å². The minimum Gasteiger partial charge on any atom is -0.393 e. The lowest BCUT2D eigenvalue weighted by molar-refractivity contribution is 0.0282. The summed E-state index contributed by atoms with van der Waals surface area (Å²) in [6, 6.07) is 0.263. The van der Waals surface area contributed by atoms with E-state index in [-0.39, 0.29) is 34.9 Å². The fourth-order valence-electron chi connectivity index (χ4n) is 3.06. The molecule has 0 saturated carbocycles. The SMILES string of the molecule is O=C(c1cncc(Cl)n1)N1C2CCC1CC(O)C2. The number of halogens is 1. The summed E-state index contributed by atoms with van der Waals surface area (Å²) in [5.41, 5.74) is 0.288. The molecular formula is C12H14ClN3O2. The van der Waals surface area contributed by atoms with Crippen molar-refractivity contribution in [3.63, 3.8) is 0 Å². The predicted molar refractivity (Wildman–Crippen MR) is 65.3 cm³/mol. The number of amides is 1. The molecule has 18 heavy (non-hydrogen) atoms. The van der Waals surface area contributed by atoms with Crippen LogP contribution in [0, 0.1) is 0 Å². The molecule has 1 aromatic rings. The lowest BCUT2D eigenvalue weighted by atomic mass is 9.99. The van der Waals surface area contributed by atoms with Gasteiger partial charge in [0.25, 0.3) is 5.91 Å². The average Bonchev–Trinajstić information content (AvgIpc) is 2.61. The van der Waals surface area contributed by atoms with Gasteiger partial charge in [0, 0.05) is 12.1 Å². The highest BCUT2D eigenvalue weighted by Gasteiger charge is 2.43. The molecule has 3 rings (SSSR count). The fourth-order valence-corrected chi connectivity index (χ4v) is 3.20. The number of carbonyl (C=O) groups excluding carboxylic acids is 1. The molecule has 2 aliphatic rings. The van der Waals surface area contributed by atoms with E-state index in [9.17, 15) is 9.90 Å². The number of hydrogen-bond acceptors (Lipinski definition) is 4. The first-order chi connectivity index (χ1) is 8.65. The Hall–Kier alpha value is -1.20. The van der Waals surface area contributed by atoms with E-state index in [1.54, 1.807) is 0 Å². The first-order valence-electron chi connectivity index (χ1n) is 6.13. The van der Waals surface area contributed by atoms with E-state index < -0.39 is 0 Å². The summed E-state index contributed by atoms with van der Waals surface area (Å²) in [6.07, 6.45) is 5.82. The first-order valence-corrected chi connectivity index (χ1v) is 6.51. The number of carbonyl (C=O) groups is 1. The number of aliphatic hydroxyl groups is 1. The summed E-state index contributed by atoms with van der Waals surface area (Å²) in [5, 5.41) is 9.94. The number of nitrogens with zero attached hydrogens (tertiary/aromatic N) is 3. The number of aromatic nitrogens is 2. The molecule has 6 heteroatoms. The minimum atomic E-state index is -0.281. The number of fused-ring (bicyclic) bond motifs is 2. The molecular weight excluding hydrogens is 254 g/mol. The third-order valence-electron chi connectivity index (χ3n) is 3.77. The van der Waals surface area contributed by atoms with Crippen molar-refractivity contribution in [3.8, 4) is 0 Å². The van der Waals surface area contributed by atoms with Gasteiger partial charge in [0.15, 0.2) is 0 Å². The predicted octanol–water partition coefficient (Wildman–Crippen LogP) is 1.26. The molecule has 1 amide bonds. The molecule has 2 fully saturated rings. The van der Waals surface area contributed by atoms with Crippen LogP contribution in [-0.2, 0) is 0 Å². The van der Waals surface area contributed by atoms with Gasteiger partial charge in [0.1, 0.15) is 10.8 Å². The monoisotopic (exact) mass is 267 g/mol. The lowest BCUT2D eigenvalue weighted by Gasteiger charge is -2.36. The molecule has 0 spiro atoms. The zero-order valence-electron chi connectivity index (χ0n) is 9.79. The van der Waals surface area contributed by atoms with Crippen LogP contribution in [0.3, 0.4) is 0 Å². The standard InChI is InChI=1S/C12H14ClN3O2/c13-11-6-14-5-10(15-11)12(18)16-7-1-2-8(16)4-9(17)3-7/h5-9,17H,1-4H2. The molecule has 2 aliphatic heterocycles. The Bertz CT molecular complexity index is 468. The van der Waals surface area contributed by atoms with Crippen LogP contribution in [-0.4, -0.2) is 44.1 Å². The maximum atomic E-state index is 12.4. The quantitative estimate of drug-likeness (QED) is 0.832. The molecule has 1 aromatic heterocycles. The second kappa shape index (κ2) is 4.48. The largest absolute Gasteiger partial charge is 0.393 e. The molecule has 5 nitrogen and oxygen atoms in total. The van der Waals surface area contributed by atoms with Gasteiger partial charge >= 0.3 is 0 Å². The van der Waals surface area contributed by atoms with Crippen LogP contribution in [0.15, 0.2) is 12.4 Å². The zero-order chi connectivity index (χ0) is 12.7. The first kappa shape index (κ1) is 11.9. The normalized spacial score (nSPS) is 30.6. The van der Waals surface area contributed by atoms with Gasteiger partial charge in [0.05, 0.1) is 18.5 Å². The van der Waals surface area contributed by atoms with E-state index in [0.717, 1.165) is 12.8 Å². The Kier molecular flexibility index (Phi) is 2.95. The minimum absolute atomic E-state index is 0.121. The molecule has 2 unspecified atom stereocenters. The van der Waals surface area contributed by atoms with Crippen molar-refractivity contribution in [3.05, 3.63) is 23.2 Å². The smallest absolute Gasteiger partial charge is 0.274 e. The highest BCUT2D eigenvalue weighted by Crippen LogP contribution is 2.36. The van der Waals surface area contributed by atoms with Crippen molar-refractivity contribution in [1.29, 1.82) is 0 Å². The molecule has 0 aromatic carbocycles. The van der Waals surface area contributed by atoms with Gasteiger partial charge in [-0.25, -0.2) is 4.98 Å². The van der Waals surface area contributed by atoms with Crippen molar-refractivity contribution < 1.29 is 9.90 Å².